The van der Waals surface area contributed by atoms with Gasteiger partial charge in [0.15, 0.2) is 11.5 Å². The Kier molecular flexibility index (Phi) is 5.90. The fraction of sp³-hybridized carbons (Fsp3) is 0.500. The minimum Gasteiger partial charge on any atom is -0.493 e. The van der Waals surface area contributed by atoms with Gasteiger partial charge in [-0.3, -0.25) is 4.72 Å². The second-order valence-corrected chi connectivity index (χ2v) is 5.75. The average molecular weight is 304 g/mol. The van der Waals surface area contributed by atoms with Gasteiger partial charge in [-0.05, 0) is 6.92 Å². The maximum Gasteiger partial charge on any atom is 0.235 e. The molecule has 0 atom stereocenters. The molecule has 0 aromatic heterocycles. The molecular weight excluding hydrogens is 284 g/mol. The van der Waals surface area contributed by atoms with Crippen molar-refractivity contribution >= 4 is 21.4 Å². The van der Waals surface area contributed by atoms with Crippen molar-refractivity contribution in [1.82, 2.24) is 0 Å². The molecule has 1 aromatic rings. The van der Waals surface area contributed by atoms with Crippen LogP contribution in [0.15, 0.2) is 12.1 Å². The van der Waals surface area contributed by atoms with Crippen molar-refractivity contribution in [2.24, 2.45) is 0 Å². The zero-order valence-electron chi connectivity index (χ0n) is 11.8. The lowest BCUT2D eigenvalue weighted by Gasteiger charge is -2.14. The van der Waals surface area contributed by atoms with E-state index in [9.17, 15) is 8.42 Å². The van der Waals surface area contributed by atoms with E-state index in [2.05, 4.69) is 4.72 Å². The summed E-state index contributed by atoms with van der Waals surface area (Å²) in [4.78, 5) is 0. The van der Waals surface area contributed by atoms with Gasteiger partial charge >= 0.3 is 0 Å². The second kappa shape index (κ2) is 7.20. The molecule has 0 aliphatic rings. The fourth-order valence-corrected chi connectivity index (χ4v) is 2.47. The topological polar surface area (TPSA) is 99.9 Å². The van der Waals surface area contributed by atoms with Crippen molar-refractivity contribution in [3.05, 3.63) is 12.1 Å². The van der Waals surface area contributed by atoms with Crippen LogP contribution in [0.5, 0.6) is 11.5 Å². The molecule has 20 heavy (non-hydrogen) atoms. The Morgan fingerprint density at radius 1 is 1.20 bits per heavy atom. The number of nitrogens with one attached hydrogen (secondary N) is 1. The number of ether oxygens (including phenoxy) is 3. The van der Waals surface area contributed by atoms with E-state index < -0.39 is 10.0 Å². The zero-order valence-corrected chi connectivity index (χ0v) is 12.6. The molecule has 0 heterocycles. The minimum atomic E-state index is -3.53. The first kappa shape index (κ1) is 16.4. The van der Waals surface area contributed by atoms with Crippen LogP contribution < -0.4 is 19.9 Å². The van der Waals surface area contributed by atoms with Crippen LogP contribution in [0.2, 0.25) is 0 Å². The van der Waals surface area contributed by atoms with Gasteiger partial charge in [0, 0.05) is 18.7 Å². The number of benzene rings is 1. The SMILES string of the molecule is CCOCCS(=O)(=O)Nc1cc(OC)c(OC)cc1N. The average Bonchev–Trinajstić information content (AvgIpc) is 2.40. The highest BCUT2D eigenvalue weighted by Gasteiger charge is 2.15. The highest BCUT2D eigenvalue weighted by molar-refractivity contribution is 7.92. The molecule has 0 saturated heterocycles. The molecule has 0 fully saturated rings. The van der Waals surface area contributed by atoms with Gasteiger partial charge < -0.3 is 19.9 Å². The van der Waals surface area contributed by atoms with Crippen LogP contribution in [0.1, 0.15) is 6.92 Å². The van der Waals surface area contributed by atoms with Crippen LogP contribution in [0.4, 0.5) is 11.4 Å². The Balaban J connectivity index is 2.92. The molecule has 0 amide bonds. The Bertz CT molecular complexity index is 545. The lowest BCUT2D eigenvalue weighted by Crippen LogP contribution is -2.21. The summed E-state index contributed by atoms with van der Waals surface area (Å²) in [6.07, 6.45) is 0. The number of hydrogen-bond acceptors (Lipinski definition) is 6. The minimum absolute atomic E-state index is 0.124. The van der Waals surface area contributed by atoms with Crippen LogP contribution in [0.3, 0.4) is 0 Å². The number of rotatable bonds is 8. The number of hydrogen-bond donors (Lipinski definition) is 2. The third kappa shape index (κ3) is 4.46. The smallest absolute Gasteiger partial charge is 0.235 e. The van der Waals surface area contributed by atoms with Crippen LogP contribution in [-0.2, 0) is 14.8 Å². The summed E-state index contributed by atoms with van der Waals surface area (Å²) in [5.41, 5.74) is 6.29. The van der Waals surface area contributed by atoms with Gasteiger partial charge in [0.1, 0.15) is 0 Å². The van der Waals surface area contributed by atoms with Gasteiger partial charge in [0.25, 0.3) is 0 Å². The van der Waals surface area contributed by atoms with E-state index in [1.165, 1.54) is 26.4 Å². The van der Waals surface area contributed by atoms with E-state index in [4.69, 9.17) is 19.9 Å². The first-order chi connectivity index (χ1) is 9.43. The van der Waals surface area contributed by atoms with E-state index in [0.29, 0.717) is 18.1 Å². The Labute approximate surface area is 119 Å². The zero-order chi connectivity index (χ0) is 15.2. The predicted molar refractivity (Wildman–Crippen MR) is 77.9 cm³/mol. The molecule has 1 rings (SSSR count). The molecule has 0 bridgehead atoms. The number of nitrogens with two attached hydrogens (primary N) is 1. The summed E-state index contributed by atoms with van der Waals surface area (Å²) >= 11 is 0. The molecule has 0 aliphatic heterocycles. The second-order valence-electron chi connectivity index (χ2n) is 3.91. The van der Waals surface area contributed by atoms with Gasteiger partial charge in [-0.15, -0.1) is 0 Å². The first-order valence-corrected chi connectivity index (χ1v) is 7.68. The molecule has 7 nitrogen and oxygen atoms in total. The largest absolute Gasteiger partial charge is 0.493 e. The highest BCUT2D eigenvalue weighted by atomic mass is 32.2. The maximum atomic E-state index is 11.9. The molecule has 1 aromatic carbocycles. The Hall–Kier alpha value is -1.67. The quantitative estimate of drug-likeness (QED) is 0.550. The predicted octanol–water partition coefficient (Wildman–Crippen LogP) is 1.06. The molecule has 0 radical (unpaired) electrons. The molecular formula is C12H20N2O5S. The van der Waals surface area contributed by atoms with Crippen LogP contribution >= 0.6 is 0 Å². The van der Waals surface area contributed by atoms with Crippen LogP contribution in [0, 0.1) is 0 Å². The van der Waals surface area contributed by atoms with E-state index in [1.807, 2.05) is 0 Å². The summed E-state index contributed by atoms with van der Waals surface area (Å²) in [5, 5.41) is 0. The normalized spacial score (nSPS) is 11.2. The van der Waals surface area contributed by atoms with Crippen molar-refractivity contribution in [1.29, 1.82) is 0 Å². The molecule has 3 N–H and O–H groups in total. The lowest BCUT2D eigenvalue weighted by molar-refractivity contribution is 0.163. The fourth-order valence-electron chi connectivity index (χ4n) is 1.51. The lowest BCUT2D eigenvalue weighted by atomic mass is 10.2. The Morgan fingerprint density at radius 3 is 2.35 bits per heavy atom. The summed E-state index contributed by atoms with van der Waals surface area (Å²) in [5.74, 6) is 0.681. The summed E-state index contributed by atoms with van der Waals surface area (Å²) in [6.45, 7) is 2.39. The highest BCUT2D eigenvalue weighted by Crippen LogP contribution is 2.35. The van der Waals surface area contributed by atoms with E-state index >= 15 is 0 Å². The Morgan fingerprint density at radius 2 is 1.80 bits per heavy atom. The molecule has 0 aliphatic carbocycles. The first-order valence-electron chi connectivity index (χ1n) is 6.03. The number of anilines is 2. The van der Waals surface area contributed by atoms with Gasteiger partial charge in [-0.25, -0.2) is 8.42 Å². The monoisotopic (exact) mass is 304 g/mol. The van der Waals surface area contributed by atoms with Crippen molar-refractivity contribution in [2.45, 2.75) is 6.92 Å². The summed E-state index contributed by atoms with van der Waals surface area (Å²) < 4.78 is 41.3. The molecule has 114 valence electrons. The molecule has 0 unspecified atom stereocenters. The summed E-state index contributed by atoms with van der Waals surface area (Å²) in [7, 11) is -0.590. The van der Waals surface area contributed by atoms with Crippen LogP contribution in [-0.4, -0.2) is 41.6 Å². The number of sulfonamides is 1. The third-order valence-corrected chi connectivity index (χ3v) is 3.76. The van der Waals surface area contributed by atoms with E-state index in [0.717, 1.165) is 0 Å². The third-order valence-electron chi connectivity index (χ3n) is 2.52. The molecule has 0 spiro atoms. The van der Waals surface area contributed by atoms with Gasteiger partial charge in [0.05, 0.1) is 38.0 Å². The van der Waals surface area contributed by atoms with Gasteiger partial charge in [-0.2, -0.15) is 0 Å². The van der Waals surface area contributed by atoms with Crippen molar-refractivity contribution in [3.63, 3.8) is 0 Å². The number of nitrogen functional groups attached to an aromatic ring is 1. The number of methoxy groups -OCH3 is 2. The van der Waals surface area contributed by atoms with Crippen LogP contribution in [0.25, 0.3) is 0 Å². The summed E-state index contributed by atoms with van der Waals surface area (Å²) in [6, 6.07) is 2.98. The van der Waals surface area contributed by atoms with Gasteiger partial charge in [0.2, 0.25) is 10.0 Å². The maximum absolute atomic E-state index is 11.9. The molecule has 0 saturated carbocycles. The van der Waals surface area contributed by atoms with Gasteiger partial charge in [-0.1, -0.05) is 0 Å². The van der Waals surface area contributed by atoms with Crippen molar-refractivity contribution in [3.8, 4) is 11.5 Å². The molecule has 8 heteroatoms. The van der Waals surface area contributed by atoms with Crippen molar-refractivity contribution < 1.29 is 22.6 Å². The van der Waals surface area contributed by atoms with E-state index in [1.54, 1.807) is 6.92 Å². The standard InChI is InChI=1S/C12H20N2O5S/c1-4-19-5-6-20(15,16)14-10-8-12(18-3)11(17-2)7-9(10)13/h7-8,14H,4-6,13H2,1-3H3. The van der Waals surface area contributed by atoms with Crippen molar-refractivity contribution in [2.75, 3.05) is 43.6 Å². The van der Waals surface area contributed by atoms with E-state index in [-0.39, 0.29) is 23.7 Å².